The molecule has 5 nitrogen and oxygen atoms in total. The van der Waals surface area contributed by atoms with Crippen LogP contribution in [0.25, 0.3) is 0 Å². The van der Waals surface area contributed by atoms with Crippen LogP contribution < -0.4 is 10.6 Å². The first-order chi connectivity index (χ1) is 10.1. The van der Waals surface area contributed by atoms with Gasteiger partial charge in [0.05, 0.1) is 11.4 Å². The number of amides is 1. The van der Waals surface area contributed by atoms with Crippen LogP contribution in [0.4, 0.5) is 0 Å². The van der Waals surface area contributed by atoms with Gasteiger partial charge in [-0.2, -0.15) is 0 Å². The van der Waals surface area contributed by atoms with Gasteiger partial charge in [0.1, 0.15) is 5.76 Å². The lowest BCUT2D eigenvalue weighted by molar-refractivity contribution is -0.119. The monoisotopic (exact) mass is 345 g/mol. The second-order valence-electron chi connectivity index (χ2n) is 6.17. The maximum absolute atomic E-state index is 12.1. The molecule has 1 amide bonds. The molecule has 22 heavy (non-hydrogen) atoms. The van der Waals surface area contributed by atoms with Crippen LogP contribution in [0, 0.1) is 13.8 Å². The standard InChI is InChI=1S/C15H23N3O2S.ClH/c1-9-14(10(2)20-18-9)7-21-8-15(19)17-13-5-11-3-4-12(6-13)16-11;/h11-13,16H,3-8H2,1-2H3,(H,17,19);1H. The van der Waals surface area contributed by atoms with Crippen LogP contribution in [0.15, 0.2) is 4.52 Å². The van der Waals surface area contributed by atoms with Crippen molar-refractivity contribution in [3.63, 3.8) is 0 Å². The van der Waals surface area contributed by atoms with Crippen LogP contribution in [-0.4, -0.2) is 34.9 Å². The third kappa shape index (κ3) is 4.18. The first-order valence-electron chi connectivity index (χ1n) is 7.66. The maximum atomic E-state index is 12.1. The van der Waals surface area contributed by atoms with E-state index in [1.807, 2.05) is 13.8 Å². The molecule has 2 atom stereocenters. The molecular formula is C15H24ClN3O2S. The Bertz CT molecular complexity index is 491. The van der Waals surface area contributed by atoms with E-state index in [1.54, 1.807) is 11.8 Å². The molecule has 0 radical (unpaired) electrons. The minimum atomic E-state index is 0. The number of rotatable bonds is 5. The van der Waals surface area contributed by atoms with E-state index in [1.165, 1.54) is 12.8 Å². The number of halogens is 1. The Morgan fingerprint density at radius 2 is 2.05 bits per heavy atom. The zero-order valence-corrected chi connectivity index (χ0v) is 14.7. The van der Waals surface area contributed by atoms with Gasteiger partial charge in [0.2, 0.25) is 5.91 Å². The fourth-order valence-electron chi connectivity index (χ4n) is 3.40. The molecule has 124 valence electrons. The molecule has 1 aromatic heterocycles. The Balaban J connectivity index is 0.00000176. The summed E-state index contributed by atoms with van der Waals surface area (Å²) in [5.41, 5.74) is 2.04. The molecule has 0 aromatic carbocycles. The molecule has 2 aliphatic heterocycles. The minimum absolute atomic E-state index is 0. The number of aryl methyl sites for hydroxylation is 2. The highest BCUT2D eigenvalue weighted by molar-refractivity contribution is 7.99. The van der Waals surface area contributed by atoms with Gasteiger partial charge in [-0.25, -0.2) is 0 Å². The molecule has 3 heterocycles. The Labute approximate surface area is 141 Å². The topological polar surface area (TPSA) is 67.2 Å². The minimum Gasteiger partial charge on any atom is -0.361 e. The predicted octanol–water partition coefficient (Wildman–Crippen LogP) is 2.35. The SMILES string of the molecule is Cc1noc(C)c1CSCC(=O)NC1CC2CCC(C1)N2.Cl. The first kappa shape index (κ1) is 17.6. The fraction of sp³-hybridized carbons (Fsp3) is 0.733. The quantitative estimate of drug-likeness (QED) is 0.857. The number of piperidine rings is 1. The Morgan fingerprint density at radius 3 is 2.64 bits per heavy atom. The molecule has 2 N–H and O–H groups in total. The van der Waals surface area contributed by atoms with Gasteiger partial charge in [-0.15, -0.1) is 24.2 Å². The van der Waals surface area contributed by atoms with Crippen LogP contribution >= 0.6 is 24.2 Å². The zero-order valence-electron chi connectivity index (χ0n) is 13.1. The van der Waals surface area contributed by atoms with Gasteiger partial charge >= 0.3 is 0 Å². The normalized spacial score (nSPS) is 26.5. The fourth-order valence-corrected chi connectivity index (χ4v) is 4.39. The van der Waals surface area contributed by atoms with E-state index in [9.17, 15) is 4.79 Å². The van der Waals surface area contributed by atoms with Crippen LogP contribution in [-0.2, 0) is 10.5 Å². The maximum Gasteiger partial charge on any atom is 0.230 e. The number of hydrogen-bond donors (Lipinski definition) is 2. The smallest absolute Gasteiger partial charge is 0.230 e. The molecule has 3 rings (SSSR count). The largest absolute Gasteiger partial charge is 0.361 e. The van der Waals surface area contributed by atoms with Crippen LogP contribution in [0.5, 0.6) is 0 Å². The molecule has 0 saturated carbocycles. The number of nitrogens with one attached hydrogen (secondary N) is 2. The summed E-state index contributed by atoms with van der Waals surface area (Å²) >= 11 is 1.63. The third-order valence-corrected chi connectivity index (χ3v) is 5.46. The summed E-state index contributed by atoms with van der Waals surface area (Å²) in [6.45, 7) is 3.86. The highest BCUT2D eigenvalue weighted by Gasteiger charge is 2.33. The molecular weight excluding hydrogens is 322 g/mol. The molecule has 2 fully saturated rings. The van der Waals surface area contributed by atoms with E-state index in [-0.39, 0.29) is 18.3 Å². The lowest BCUT2D eigenvalue weighted by Gasteiger charge is -2.29. The number of thioether (sulfide) groups is 1. The van der Waals surface area contributed by atoms with E-state index >= 15 is 0 Å². The Kier molecular flexibility index (Phi) is 6.17. The number of hydrogen-bond acceptors (Lipinski definition) is 5. The Morgan fingerprint density at radius 1 is 1.36 bits per heavy atom. The van der Waals surface area contributed by atoms with E-state index < -0.39 is 0 Å². The zero-order chi connectivity index (χ0) is 14.8. The van der Waals surface area contributed by atoms with Crippen molar-refractivity contribution < 1.29 is 9.32 Å². The van der Waals surface area contributed by atoms with Crippen molar-refractivity contribution in [3.8, 4) is 0 Å². The summed E-state index contributed by atoms with van der Waals surface area (Å²) < 4.78 is 5.13. The highest BCUT2D eigenvalue weighted by Crippen LogP contribution is 2.27. The molecule has 1 aromatic rings. The van der Waals surface area contributed by atoms with Crippen molar-refractivity contribution in [2.24, 2.45) is 0 Å². The molecule has 0 spiro atoms. The van der Waals surface area contributed by atoms with E-state index in [0.717, 1.165) is 35.6 Å². The van der Waals surface area contributed by atoms with Crippen LogP contribution in [0.1, 0.15) is 42.7 Å². The summed E-state index contributed by atoms with van der Waals surface area (Å²) in [5.74, 6) is 2.29. The molecule has 2 aliphatic rings. The molecule has 0 aliphatic carbocycles. The summed E-state index contributed by atoms with van der Waals surface area (Å²) in [6, 6.07) is 1.59. The van der Waals surface area contributed by atoms with Crippen molar-refractivity contribution in [2.75, 3.05) is 5.75 Å². The molecule has 7 heteroatoms. The summed E-state index contributed by atoms with van der Waals surface area (Å²) in [5, 5.41) is 10.7. The van der Waals surface area contributed by atoms with Gasteiger partial charge in [-0.3, -0.25) is 4.79 Å². The summed E-state index contributed by atoms with van der Waals surface area (Å²) in [6.07, 6.45) is 4.68. The first-order valence-corrected chi connectivity index (χ1v) is 8.82. The molecule has 2 unspecified atom stereocenters. The van der Waals surface area contributed by atoms with E-state index in [4.69, 9.17) is 4.52 Å². The summed E-state index contributed by atoms with van der Waals surface area (Å²) in [7, 11) is 0. The Hall–Kier alpha value is -0.720. The van der Waals surface area contributed by atoms with Gasteiger partial charge in [0.15, 0.2) is 0 Å². The molecule has 2 bridgehead atoms. The summed E-state index contributed by atoms with van der Waals surface area (Å²) in [4.78, 5) is 12.1. The lowest BCUT2D eigenvalue weighted by Crippen LogP contribution is -2.48. The number of nitrogens with zero attached hydrogens (tertiary/aromatic N) is 1. The average molecular weight is 346 g/mol. The third-order valence-electron chi connectivity index (χ3n) is 4.50. The average Bonchev–Trinajstić information content (AvgIpc) is 2.94. The van der Waals surface area contributed by atoms with Gasteiger partial charge in [0, 0.05) is 29.4 Å². The van der Waals surface area contributed by atoms with Crippen molar-refractivity contribution in [1.82, 2.24) is 15.8 Å². The van der Waals surface area contributed by atoms with Gasteiger partial charge in [0.25, 0.3) is 0 Å². The van der Waals surface area contributed by atoms with Gasteiger partial charge < -0.3 is 15.2 Å². The molecule has 2 saturated heterocycles. The lowest BCUT2D eigenvalue weighted by atomic mass is 10.00. The van der Waals surface area contributed by atoms with Crippen molar-refractivity contribution in [2.45, 2.75) is 63.4 Å². The predicted molar refractivity (Wildman–Crippen MR) is 90.5 cm³/mol. The van der Waals surface area contributed by atoms with E-state index in [0.29, 0.717) is 23.9 Å². The van der Waals surface area contributed by atoms with Crippen LogP contribution in [0.2, 0.25) is 0 Å². The van der Waals surface area contributed by atoms with Gasteiger partial charge in [-0.05, 0) is 39.5 Å². The number of aromatic nitrogens is 1. The van der Waals surface area contributed by atoms with Crippen molar-refractivity contribution in [3.05, 3.63) is 17.0 Å². The van der Waals surface area contributed by atoms with Crippen molar-refractivity contribution in [1.29, 1.82) is 0 Å². The van der Waals surface area contributed by atoms with E-state index in [2.05, 4.69) is 15.8 Å². The van der Waals surface area contributed by atoms with Gasteiger partial charge in [-0.1, -0.05) is 5.16 Å². The number of fused-ring (bicyclic) bond motifs is 2. The second kappa shape index (κ2) is 7.70. The van der Waals surface area contributed by atoms with Crippen LogP contribution in [0.3, 0.4) is 0 Å². The van der Waals surface area contributed by atoms with Crippen molar-refractivity contribution >= 4 is 30.1 Å². The number of carbonyl (C=O) groups excluding carboxylic acids is 1. The second-order valence-corrected chi connectivity index (χ2v) is 7.15. The number of carbonyl (C=O) groups is 1. The highest BCUT2D eigenvalue weighted by atomic mass is 35.5.